The third kappa shape index (κ3) is 4.23. The standard InChI is InChI=1S/C38H28O/c1-2-27(30-12-7-13-31(25-30)33-16-8-11-28-10-3-4-14-32(28)33)24-26-20-22-29(23-21-26)34-17-9-18-36-35-15-5-6-19-37(35)39-38(34)36/h3-25H,2H2,1H3/b27-24-. The summed E-state index contributed by atoms with van der Waals surface area (Å²) in [6.07, 6.45) is 3.27. The van der Waals surface area contributed by atoms with E-state index in [0.29, 0.717) is 0 Å². The van der Waals surface area contributed by atoms with Gasteiger partial charge in [0.05, 0.1) is 0 Å². The second-order valence-electron chi connectivity index (χ2n) is 10.0. The summed E-state index contributed by atoms with van der Waals surface area (Å²) in [5.41, 5.74) is 10.5. The van der Waals surface area contributed by atoms with Gasteiger partial charge in [-0.05, 0) is 62.7 Å². The Balaban J connectivity index is 1.23. The summed E-state index contributed by atoms with van der Waals surface area (Å²) in [5, 5.41) is 4.87. The fourth-order valence-electron chi connectivity index (χ4n) is 5.69. The van der Waals surface area contributed by atoms with Gasteiger partial charge in [0.15, 0.2) is 0 Å². The van der Waals surface area contributed by atoms with Gasteiger partial charge in [-0.1, -0.05) is 134 Å². The summed E-state index contributed by atoms with van der Waals surface area (Å²) in [7, 11) is 0. The molecule has 0 unspecified atom stereocenters. The molecule has 186 valence electrons. The molecule has 0 saturated carbocycles. The normalized spacial score (nSPS) is 12.0. The van der Waals surface area contributed by atoms with Crippen LogP contribution in [0.1, 0.15) is 24.5 Å². The fourth-order valence-corrected chi connectivity index (χ4v) is 5.69. The molecule has 39 heavy (non-hydrogen) atoms. The molecule has 0 amide bonds. The van der Waals surface area contributed by atoms with Gasteiger partial charge in [0.25, 0.3) is 0 Å². The summed E-state index contributed by atoms with van der Waals surface area (Å²) >= 11 is 0. The number of fused-ring (bicyclic) bond motifs is 4. The maximum atomic E-state index is 6.27. The van der Waals surface area contributed by atoms with Crippen LogP contribution in [0.3, 0.4) is 0 Å². The summed E-state index contributed by atoms with van der Waals surface area (Å²) in [4.78, 5) is 0. The first-order valence-corrected chi connectivity index (χ1v) is 13.6. The van der Waals surface area contributed by atoms with Crippen LogP contribution in [0.2, 0.25) is 0 Å². The molecule has 1 heterocycles. The van der Waals surface area contributed by atoms with Gasteiger partial charge in [-0.25, -0.2) is 0 Å². The number of furan rings is 1. The molecule has 1 aromatic heterocycles. The Morgan fingerprint density at radius 2 is 1.28 bits per heavy atom. The van der Waals surface area contributed by atoms with E-state index < -0.39 is 0 Å². The van der Waals surface area contributed by atoms with E-state index in [1.807, 2.05) is 12.1 Å². The van der Waals surface area contributed by atoms with E-state index in [-0.39, 0.29) is 0 Å². The molecule has 1 nitrogen and oxygen atoms in total. The van der Waals surface area contributed by atoms with E-state index in [1.54, 1.807) is 0 Å². The zero-order valence-electron chi connectivity index (χ0n) is 21.9. The minimum absolute atomic E-state index is 0.929. The number of hydrogen-bond donors (Lipinski definition) is 0. The Labute approximate surface area is 228 Å². The van der Waals surface area contributed by atoms with Crippen LogP contribution in [0.25, 0.3) is 66.6 Å². The molecule has 7 aromatic rings. The van der Waals surface area contributed by atoms with Crippen molar-refractivity contribution in [3.63, 3.8) is 0 Å². The van der Waals surface area contributed by atoms with Crippen molar-refractivity contribution in [1.29, 1.82) is 0 Å². The van der Waals surface area contributed by atoms with Crippen molar-refractivity contribution in [1.82, 2.24) is 0 Å². The van der Waals surface area contributed by atoms with Crippen molar-refractivity contribution < 1.29 is 4.42 Å². The molecule has 0 atom stereocenters. The Morgan fingerprint density at radius 1 is 0.590 bits per heavy atom. The topological polar surface area (TPSA) is 13.1 Å². The Bertz CT molecular complexity index is 1980. The van der Waals surface area contributed by atoms with E-state index in [2.05, 4.69) is 134 Å². The van der Waals surface area contributed by atoms with Gasteiger partial charge < -0.3 is 4.42 Å². The zero-order chi connectivity index (χ0) is 26.2. The predicted molar refractivity (Wildman–Crippen MR) is 167 cm³/mol. The lowest BCUT2D eigenvalue weighted by Crippen LogP contribution is -1.87. The van der Waals surface area contributed by atoms with Crippen LogP contribution in [0, 0.1) is 0 Å². The van der Waals surface area contributed by atoms with Gasteiger partial charge in [-0.2, -0.15) is 0 Å². The van der Waals surface area contributed by atoms with E-state index in [1.165, 1.54) is 38.6 Å². The van der Waals surface area contributed by atoms with Gasteiger partial charge in [-0.15, -0.1) is 0 Å². The van der Waals surface area contributed by atoms with Crippen molar-refractivity contribution >= 4 is 44.4 Å². The first-order valence-electron chi connectivity index (χ1n) is 13.6. The Hall–Kier alpha value is -4.88. The Kier molecular flexibility index (Phi) is 5.83. The fraction of sp³-hybridized carbons (Fsp3) is 0.0526. The van der Waals surface area contributed by atoms with Gasteiger partial charge >= 0.3 is 0 Å². The maximum absolute atomic E-state index is 6.27. The highest BCUT2D eigenvalue weighted by atomic mass is 16.3. The molecule has 0 aliphatic rings. The summed E-state index contributed by atoms with van der Waals surface area (Å²) in [5.74, 6) is 0. The van der Waals surface area contributed by atoms with Gasteiger partial charge in [0, 0.05) is 16.3 Å². The smallest absolute Gasteiger partial charge is 0.143 e. The summed E-state index contributed by atoms with van der Waals surface area (Å²) in [6, 6.07) is 47.6. The number of para-hydroxylation sites is 2. The van der Waals surface area contributed by atoms with E-state index in [0.717, 1.165) is 39.5 Å². The molecule has 1 heteroatoms. The number of hydrogen-bond acceptors (Lipinski definition) is 1. The molecular weight excluding hydrogens is 472 g/mol. The number of allylic oxidation sites excluding steroid dienone is 1. The molecule has 0 fully saturated rings. The SMILES string of the molecule is CC/C(=C/c1ccc(-c2cccc3c2oc2ccccc23)cc1)c1cccc(-c2cccc3ccccc23)c1. The van der Waals surface area contributed by atoms with Crippen LogP contribution in [0.4, 0.5) is 0 Å². The molecule has 0 N–H and O–H groups in total. The van der Waals surface area contributed by atoms with Crippen LogP contribution in [-0.4, -0.2) is 0 Å². The van der Waals surface area contributed by atoms with Crippen LogP contribution in [0.5, 0.6) is 0 Å². The van der Waals surface area contributed by atoms with Gasteiger partial charge in [0.2, 0.25) is 0 Å². The molecule has 0 radical (unpaired) electrons. The average Bonchev–Trinajstić information content (AvgIpc) is 3.39. The van der Waals surface area contributed by atoms with Gasteiger partial charge in [-0.3, -0.25) is 0 Å². The Morgan fingerprint density at radius 3 is 2.15 bits per heavy atom. The molecular formula is C38H28O. The zero-order valence-corrected chi connectivity index (χ0v) is 21.9. The van der Waals surface area contributed by atoms with E-state index in [4.69, 9.17) is 4.42 Å². The molecule has 0 spiro atoms. The lowest BCUT2D eigenvalue weighted by atomic mass is 9.93. The van der Waals surface area contributed by atoms with Crippen molar-refractivity contribution in [3.05, 3.63) is 145 Å². The lowest BCUT2D eigenvalue weighted by Gasteiger charge is -2.11. The monoisotopic (exact) mass is 500 g/mol. The van der Waals surface area contributed by atoms with Crippen LogP contribution >= 0.6 is 0 Å². The highest BCUT2D eigenvalue weighted by molar-refractivity contribution is 6.09. The van der Waals surface area contributed by atoms with Gasteiger partial charge in [0.1, 0.15) is 11.2 Å². The largest absolute Gasteiger partial charge is 0.455 e. The van der Waals surface area contributed by atoms with Crippen LogP contribution < -0.4 is 0 Å². The number of benzene rings is 6. The predicted octanol–water partition coefficient (Wildman–Crippen LogP) is 11.0. The molecule has 0 bridgehead atoms. The second-order valence-corrected chi connectivity index (χ2v) is 10.0. The van der Waals surface area contributed by atoms with Crippen LogP contribution in [-0.2, 0) is 0 Å². The third-order valence-corrected chi connectivity index (χ3v) is 7.68. The first-order chi connectivity index (χ1) is 19.3. The van der Waals surface area contributed by atoms with Crippen molar-refractivity contribution in [3.8, 4) is 22.3 Å². The third-order valence-electron chi connectivity index (χ3n) is 7.68. The highest BCUT2D eigenvalue weighted by Gasteiger charge is 2.12. The minimum Gasteiger partial charge on any atom is -0.455 e. The second kappa shape index (κ2) is 9.78. The molecule has 0 saturated heterocycles. The summed E-state index contributed by atoms with van der Waals surface area (Å²) in [6.45, 7) is 2.23. The maximum Gasteiger partial charge on any atom is 0.143 e. The lowest BCUT2D eigenvalue weighted by molar-refractivity contribution is 0.670. The molecule has 6 aromatic carbocycles. The minimum atomic E-state index is 0.929. The summed E-state index contributed by atoms with van der Waals surface area (Å²) < 4.78 is 6.27. The van der Waals surface area contributed by atoms with Crippen LogP contribution in [0.15, 0.2) is 138 Å². The highest BCUT2D eigenvalue weighted by Crippen LogP contribution is 2.36. The van der Waals surface area contributed by atoms with Crippen molar-refractivity contribution in [2.75, 3.05) is 0 Å². The number of rotatable bonds is 5. The van der Waals surface area contributed by atoms with Crippen molar-refractivity contribution in [2.45, 2.75) is 13.3 Å². The molecule has 0 aliphatic heterocycles. The van der Waals surface area contributed by atoms with Crippen molar-refractivity contribution in [2.24, 2.45) is 0 Å². The first kappa shape index (κ1) is 23.3. The molecule has 0 aliphatic carbocycles. The van der Waals surface area contributed by atoms with E-state index >= 15 is 0 Å². The molecule has 7 rings (SSSR count). The van der Waals surface area contributed by atoms with E-state index in [9.17, 15) is 0 Å². The quantitative estimate of drug-likeness (QED) is 0.214. The average molecular weight is 501 g/mol.